The van der Waals surface area contributed by atoms with Crippen LogP contribution in [0, 0.1) is 10.1 Å². The van der Waals surface area contributed by atoms with Crippen molar-refractivity contribution in [2.45, 2.75) is 13.5 Å². The number of hydrogen-bond donors (Lipinski definition) is 1. The number of aryl methyl sites for hydroxylation is 2. The molecule has 0 bridgehead atoms. The van der Waals surface area contributed by atoms with Crippen molar-refractivity contribution in [1.82, 2.24) is 9.13 Å². The third kappa shape index (κ3) is 1.77. The molecule has 0 aliphatic rings. The zero-order valence-electron chi connectivity index (χ0n) is 10.3. The number of nitro groups is 1. The molecule has 2 aromatic rings. The first-order chi connectivity index (χ1) is 8.88. The first-order valence-corrected chi connectivity index (χ1v) is 5.49. The number of aromatic carboxylic acids is 1. The summed E-state index contributed by atoms with van der Waals surface area (Å²) < 4.78 is 2.63. The van der Waals surface area contributed by atoms with Gasteiger partial charge in [-0.2, -0.15) is 0 Å². The SMILES string of the molecule is CCn1c(=O)n(C)c2cc([N+](=O)[O-])c(C(=O)O)cc21. The molecule has 1 N–H and O–H groups in total. The molecule has 100 valence electrons. The van der Waals surface area contributed by atoms with Gasteiger partial charge in [0.1, 0.15) is 5.56 Å². The van der Waals surface area contributed by atoms with Gasteiger partial charge in [-0.15, -0.1) is 0 Å². The summed E-state index contributed by atoms with van der Waals surface area (Å²) in [5.41, 5.74) is -0.579. The number of carboxylic acids is 1. The van der Waals surface area contributed by atoms with Crippen molar-refractivity contribution in [2.24, 2.45) is 7.05 Å². The molecule has 0 amide bonds. The van der Waals surface area contributed by atoms with Gasteiger partial charge in [-0.1, -0.05) is 0 Å². The van der Waals surface area contributed by atoms with Crippen molar-refractivity contribution in [3.8, 4) is 0 Å². The second-order valence-electron chi connectivity index (χ2n) is 4.01. The predicted molar refractivity (Wildman–Crippen MR) is 66.5 cm³/mol. The fourth-order valence-corrected chi connectivity index (χ4v) is 2.07. The number of fused-ring (bicyclic) bond motifs is 1. The van der Waals surface area contributed by atoms with E-state index in [1.165, 1.54) is 22.2 Å². The van der Waals surface area contributed by atoms with E-state index in [2.05, 4.69) is 0 Å². The molecule has 0 fully saturated rings. The van der Waals surface area contributed by atoms with Crippen LogP contribution in [0.3, 0.4) is 0 Å². The molecule has 1 heterocycles. The second kappa shape index (κ2) is 4.23. The summed E-state index contributed by atoms with van der Waals surface area (Å²) in [6, 6.07) is 2.28. The number of carboxylic acid groups (broad SMARTS) is 1. The maximum Gasteiger partial charge on any atom is 0.342 e. The first-order valence-electron chi connectivity index (χ1n) is 5.49. The Hall–Kier alpha value is -2.64. The summed E-state index contributed by atoms with van der Waals surface area (Å²) in [4.78, 5) is 33.1. The van der Waals surface area contributed by atoms with Crippen LogP contribution in [0.15, 0.2) is 16.9 Å². The fourth-order valence-electron chi connectivity index (χ4n) is 2.07. The van der Waals surface area contributed by atoms with Gasteiger partial charge in [-0.3, -0.25) is 19.2 Å². The number of hydrogen-bond acceptors (Lipinski definition) is 4. The van der Waals surface area contributed by atoms with E-state index in [4.69, 9.17) is 5.11 Å². The summed E-state index contributed by atoms with van der Waals surface area (Å²) in [5.74, 6) is -1.40. The largest absolute Gasteiger partial charge is 0.477 e. The summed E-state index contributed by atoms with van der Waals surface area (Å²) in [7, 11) is 1.49. The third-order valence-electron chi connectivity index (χ3n) is 3.01. The Morgan fingerprint density at radius 1 is 1.42 bits per heavy atom. The van der Waals surface area contributed by atoms with Crippen LogP contribution in [0.4, 0.5) is 5.69 Å². The zero-order chi connectivity index (χ0) is 14.3. The number of benzene rings is 1. The number of nitrogens with zero attached hydrogens (tertiary/aromatic N) is 3. The smallest absolute Gasteiger partial charge is 0.342 e. The van der Waals surface area contributed by atoms with Crippen molar-refractivity contribution in [2.75, 3.05) is 0 Å². The lowest BCUT2D eigenvalue weighted by atomic mass is 10.1. The molecule has 0 aliphatic heterocycles. The van der Waals surface area contributed by atoms with E-state index in [9.17, 15) is 19.7 Å². The van der Waals surface area contributed by atoms with Gasteiger partial charge in [0.05, 0.1) is 16.0 Å². The number of rotatable bonds is 3. The van der Waals surface area contributed by atoms with Gasteiger partial charge < -0.3 is 5.11 Å². The Morgan fingerprint density at radius 2 is 2.05 bits per heavy atom. The average molecular weight is 265 g/mol. The second-order valence-corrected chi connectivity index (χ2v) is 4.01. The van der Waals surface area contributed by atoms with Crippen LogP contribution in [0.1, 0.15) is 17.3 Å². The van der Waals surface area contributed by atoms with E-state index in [-0.39, 0.29) is 5.69 Å². The van der Waals surface area contributed by atoms with Gasteiger partial charge in [0.25, 0.3) is 5.69 Å². The molecule has 0 saturated carbocycles. The van der Waals surface area contributed by atoms with Crippen molar-refractivity contribution in [3.05, 3.63) is 38.3 Å². The summed E-state index contributed by atoms with van der Waals surface area (Å²) in [6.07, 6.45) is 0. The molecule has 2 rings (SSSR count). The average Bonchev–Trinajstić information content (AvgIpc) is 2.59. The van der Waals surface area contributed by atoms with Crippen molar-refractivity contribution in [1.29, 1.82) is 0 Å². The molecule has 0 spiro atoms. The van der Waals surface area contributed by atoms with Gasteiger partial charge in [0.15, 0.2) is 0 Å². The van der Waals surface area contributed by atoms with Crippen LogP contribution >= 0.6 is 0 Å². The van der Waals surface area contributed by atoms with Crippen LogP contribution in [-0.2, 0) is 13.6 Å². The Morgan fingerprint density at radius 3 is 2.53 bits per heavy atom. The number of nitro benzene ring substituents is 1. The van der Waals surface area contributed by atoms with Gasteiger partial charge in [-0.05, 0) is 13.0 Å². The van der Waals surface area contributed by atoms with Gasteiger partial charge in [-0.25, -0.2) is 9.59 Å². The zero-order valence-corrected chi connectivity index (χ0v) is 10.3. The molecular weight excluding hydrogens is 254 g/mol. The predicted octanol–water partition coefficient (Wildman–Crippen LogP) is 0.966. The number of imidazole rings is 1. The lowest BCUT2D eigenvalue weighted by molar-refractivity contribution is -0.385. The van der Waals surface area contributed by atoms with E-state index in [1.807, 2.05) is 0 Å². The molecule has 1 aromatic heterocycles. The third-order valence-corrected chi connectivity index (χ3v) is 3.01. The Labute approximate surface area is 106 Å². The molecule has 8 heteroatoms. The summed E-state index contributed by atoms with van der Waals surface area (Å²) in [5, 5.41) is 19.9. The highest BCUT2D eigenvalue weighted by molar-refractivity contribution is 5.97. The summed E-state index contributed by atoms with van der Waals surface area (Å²) >= 11 is 0. The Bertz CT molecular complexity index is 756. The van der Waals surface area contributed by atoms with E-state index < -0.39 is 22.1 Å². The minimum absolute atomic E-state index is 0.337. The fraction of sp³-hybridized carbons (Fsp3) is 0.273. The van der Waals surface area contributed by atoms with Crippen molar-refractivity contribution in [3.63, 3.8) is 0 Å². The topological polar surface area (TPSA) is 107 Å². The maximum atomic E-state index is 11.9. The Kier molecular flexibility index (Phi) is 2.85. The molecule has 0 atom stereocenters. The highest BCUT2D eigenvalue weighted by Gasteiger charge is 2.23. The van der Waals surface area contributed by atoms with Gasteiger partial charge in [0.2, 0.25) is 0 Å². The minimum Gasteiger partial charge on any atom is -0.477 e. The van der Waals surface area contributed by atoms with Crippen LogP contribution < -0.4 is 5.69 Å². The highest BCUT2D eigenvalue weighted by Crippen LogP contribution is 2.25. The quantitative estimate of drug-likeness (QED) is 0.657. The van der Waals surface area contributed by atoms with Gasteiger partial charge in [0, 0.05) is 19.7 Å². The summed E-state index contributed by atoms with van der Waals surface area (Å²) in [6.45, 7) is 2.09. The monoisotopic (exact) mass is 265 g/mol. The molecule has 0 radical (unpaired) electrons. The molecule has 8 nitrogen and oxygen atoms in total. The van der Waals surface area contributed by atoms with E-state index in [1.54, 1.807) is 6.92 Å². The first kappa shape index (κ1) is 12.8. The van der Waals surface area contributed by atoms with E-state index in [0.29, 0.717) is 17.6 Å². The van der Waals surface area contributed by atoms with Crippen molar-refractivity contribution < 1.29 is 14.8 Å². The number of aromatic nitrogens is 2. The molecule has 1 aromatic carbocycles. The maximum absolute atomic E-state index is 11.9. The number of carbonyl (C=O) groups is 1. The van der Waals surface area contributed by atoms with Crippen LogP contribution in [0.5, 0.6) is 0 Å². The molecule has 0 saturated heterocycles. The van der Waals surface area contributed by atoms with E-state index in [0.717, 1.165) is 6.07 Å². The normalized spacial score (nSPS) is 10.8. The van der Waals surface area contributed by atoms with Crippen molar-refractivity contribution >= 4 is 22.7 Å². The molecule has 0 aliphatic carbocycles. The lowest BCUT2D eigenvalue weighted by Crippen LogP contribution is -2.21. The van der Waals surface area contributed by atoms with Crippen LogP contribution in [0.25, 0.3) is 11.0 Å². The molecule has 0 unspecified atom stereocenters. The molecular formula is C11H11N3O5. The lowest BCUT2D eigenvalue weighted by Gasteiger charge is -2.01. The van der Waals surface area contributed by atoms with Crippen LogP contribution in [0.2, 0.25) is 0 Å². The Balaban J connectivity index is 2.97. The minimum atomic E-state index is -1.40. The highest BCUT2D eigenvalue weighted by atomic mass is 16.6. The van der Waals surface area contributed by atoms with Crippen LogP contribution in [-0.4, -0.2) is 25.1 Å². The standard InChI is InChI=1S/C11H11N3O5/c1-3-13-9-4-6(10(15)16)7(14(18)19)5-8(9)12(2)11(13)17/h4-5H,3H2,1-2H3,(H,15,16). The van der Waals surface area contributed by atoms with E-state index >= 15 is 0 Å². The van der Waals surface area contributed by atoms with Gasteiger partial charge >= 0.3 is 11.7 Å². The molecule has 19 heavy (non-hydrogen) atoms.